The molecule has 4 heteroatoms. The summed E-state index contributed by atoms with van der Waals surface area (Å²) in [5.41, 5.74) is 4.72. The van der Waals surface area contributed by atoms with Gasteiger partial charge in [0.25, 0.3) is 0 Å². The Bertz CT molecular complexity index is 1370. The van der Waals surface area contributed by atoms with Gasteiger partial charge in [-0.3, -0.25) is 0 Å². The van der Waals surface area contributed by atoms with Crippen LogP contribution in [0.5, 0.6) is 0 Å². The van der Waals surface area contributed by atoms with Gasteiger partial charge in [0, 0.05) is 35.2 Å². The summed E-state index contributed by atoms with van der Waals surface area (Å²) in [7, 11) is -1.41. The average Bonchev–Trinajstić information content (AvgIpc) is 2.94. The molecular weight excluding hydrogens is 633 g/mol. The molecule has 5 rings (SSSR count). The summed E-state index contributed by atoms with van der Waals surface area (Å²) in [6.45, 7) is 6.87. The molecule has 36 heavy (non-hydrogen) atoms. The van der Waals surface area contributed by atoms with Gasteiger partial charge in [0.15, 0.2) is 0 Å². The Balaban J connectivity index is 0.000000258. The molecule has 0 saturated heterocycles. The van der Waals surface area contributed by atoms with Gasteiger partial charge in [-0.1, -0.05) is 79.8 Å². The van der Waals surface area contributed by atoms with Crippen LogP contribution in [0.25, 0.3) is 22.5 Å². The van der Waals surface area contributed by atoms with Crippen LogP contribution in [0.1, 0.15) is 13.9 Å². The quantitative estimate of drug-likeness (QED) is 0.146. The van der Waals surface area contributed by atoms with Gasteiger partial charge in [-0.25, -0.2) is 0 Å². The summed E-state index contributed by atoms with van der Waals surface area (Å²) in [6.07, 6.45) is 2.12. The Hall–Kier alpha value is -3.17. The zero-order chi connectivity index (χ0) is 26.3. The molecule has 0 amide bonds. The first-order chi connectivity index (χ1) is 17.8. The van der Waals surface area contributed by atoms with Gasteiger partial charge >= 0.3 is 0 Å². The van der Waals surface area contributed by atoms with E-state index in [0.717, 1.165) is 22.5 Å². The van der Waals surface area contributed by atoms with Crippen LogP contribution in [-0.2, 0) is 26.5 Å². The number of aromatic nitrogens is 2. The monoisotopic (exact) mass is 665 g/mol. The summed E-state index contributed by atoms with van der Waals surface area (Å²) in [5.74, 6) is 0. The molecule has 3 aromatic carbocycles. The van der Waals surface area contributed by atoms with Crippen molar-refractivity contribution >= 4 is 13.3 Å². The van der Waals surface area contributed by atoms with Gasteiger partial charge in [-0.05, 0) is 29.0 Å². The van der Waals surface area contributed by atoms with Crippen LogP contribution in [0.3, 0.4) is 0 Å². The van der Waals surface area contributed by atoms with Crippen molar-refractivity contribution in [2.75, 3.05) is 0 Å². The molecule has 1 radical (unpaired) electrons. The molecule has 0 N–H and O–H groups in total. The number of nitrogens with zero attached hydrogens (tertiary/aromatic N) is 2. The first-order valence-corrected chi connectivity index (χ1v) is 15.2. The average molecular weight is 665 g/mol. The van der Waals surface area contributed by atoms with Crippen LogP contribution >= 0.6 is 0 Å². The Morgan fingerprint density at radius 2 is 1.47 bits per heavy atom. The molecule has 0 aliphatic carbocycles. The van der Waals surface area contributed by atoms with Crippen LogP contribution < -0.4 is 5.19 Å². The van der Waals surface area contributed by atoms with Gasteiger partial charge in [-0.15, -0.1) is 71.3 Å². The first-order valence-electron chi connectivity index (χ1n) is 12.7. The zero-order valence-electron chi connectivity index (χ0n) is 22.7. The van der Waals surface area contributed by atoms with E-state index in [9.17, 15) is 0 Å². The molecule has 0 fully saturated rings. The molecule has 2 heterocycles. The number of pyridine rings is 2. The maximum atomic E-state index is 8.67. The second-order valence-electron chi connectivity index (χ2n) is 9.12. The normalized spacial score (nSPS) is 11.8. The van der Waals surface area contributed by atoms with Crippen molar-refractivity contribution in [3.63, 3.8) is 0 Å². The van der Waals surface area contributed by atoms with Gasteiger partial charge in [0.2, 0.25) is 0 Å². The number of rotatable bonds is 5. The van der Waals surface area contributed by atoms with E-state index in [2.05, 4.69) is 47.8 Å². The standard InChI is InChI=1S/C21H22NSi.C11H8N.Ir/c1-23(2,3)19-13-14-21(22-16-19)20-12-8-7-11-18(20)15-17-9-5-4-6-10-17;1-2-6-10(7-3-1)11-8-4-5-9-12-11;/h4-11,13-14,16H,15H2,1-3H3;1-6,8-9H;/q2*-1;/i15D2;;. The van der Waals surface area contributed by atoms with Crippen molar-refractivity contribution in [3.8, 4) is 22.5 Å². The number of hydrogen-bond donors (Lipinski definition) is 0. The second-order valence-corrected chi connectivity index (χ2v) is 14.2. The SMILES string of the molecule is [2H]C([2H])(c1ccccc1)c1ccc[c-]c1-c1ccc([Si](C)(C)C)cn1.[Ir].[c-]1ccccc1-c1ccccn1. The second kappa shape index (κ2) is 13.2. The third-order valence-electron chi connectivity index (χ3n) is 5.44. The molecule has 183 valence electrons. The molecule has 0 atom stereocenters. The van der Waals surface area contributed by atoms with E-state index in [1.54, 1.807) is 6.20 Å². The summed E-state index contributed by atoms with van der Waals surface area (Å²) in [5, 5.41) is 1.29. The predicted molar refractivity (Wildman–Crippen MR) is 149 cm³/mol. The fraction of sp³-hybridized carbons (Fsp3) is 0.125. The fourth-order valence-corrected chi connectivity index (χ4v) is 4.53. The van der Waals surface area contributed by atoms with E-state index in [1.807, 2.05) is 103 Å². The summed E-state index contributed by atoms with van der Waals surface area (Å²) >= 11 is 0. The molecule has 2 aromatic heterocycles. The van der Waals surface area contributed by atoms with E-state index in [-0.39, 0.29) is 20.1 Å². The van der Waals surface area contributed by atoms with Crippen LogP contribution in [-0.4, -0.2) is 18.0 Å². The molecule has 0 saturated carbocycles. The van der Waals surface area contributed by atoms with Crippen molar-refractivity contribution < 1.29 is 22.8 Å². The van der Waals surface area contributed by atoms with Crippen molar-refractivity contribution in [1.29, 1.82) is 0 Å². The Morgan fingerprint density at radius 1 is 0.722 bits per heavy atom. The summed E-state index contributed by atoms with van der Waals surface area (Å²) < 4.78 is 17.3. The van der Waals surface area contributed by atoms with Crippen molar-refractivity contribution in [2.24, 2.45) is 0 Å². The van der Waals surface area contributed by atoms with Gasteiger partial charge in [-0.2, -0.15) is 0 Å². The van der Waals surface area contributed by atoms with E-state index in [4.69, 9.17) is 2.74 Å². The van der Waals surface area contributed by atoms with Gasteiger partial charge in [0.1, 0.15) is 0 Å². The number of benzene rings is 3. The molecule has 0 unspecified atom stereocenters. The molecule has 0 aliphatic rings. The Morgan fingerprint density at radius 3 is 2.11 bits per heavy atom. The third kappa shape index (κ3) is 7.66. The minimum absolute atomic E-state index is 0. The van der Waals surface area contributed by atoms with Crippen molar-refractivity contribution in [2.45, 2.75) is 26.0 Å². The summed E-state index contributed by atoms with van der Waals surface area (Å²) in [4.78, 5) is 8.84. The minimum Gasteiger partial charge on any atom is -0.305 e. The maximum Gasteiger partial charge on any atom is 0.0795 e. The topological polar surface area (TPSA) is 25.8 Å². The van der Waals surface area contributed by atoms with E-state index >= 15 is 0 Å². The van der Waals surface area contributed by atoms with E-state index < -0.39 is 14.4 Å². The number of hydrogen-bond acceptors (Lipinski definition) is 2. The smallest absolute Gasteiger partial charge is 0.0795 e. The third-order valence-corrected chi connectivity index (χ3v) is 7.47. The Kier molecular flexibility index (Phi) is 9.00. The van der Waals surface area contributed by atoms with Crippen LogP contribution in [0.15, 0.2) is 116 Å². The largest absolute Gasteiger partial charge is 0.305 e. The predicted octanol–water partition coefficient (Wildman–Crippen LogP) is 7.23. The van der Waals surface area contributed by atoms with Gasteiger partial charge in [0.05, 0.1) is 8.07 Å². The van der Waals surface area contributed by atoms with E-state index in [1.165, 1.54) is 5.19 Å². The summed E-state index contributed by atoms with van der Waals surface area (Å²) in [6, 6.07) is 38.9. The maximum absolute atomic E-state index is 8.67. The molecule has 0 spiro atoms. The van der Waals surface area contributed by atoms with Gasteiger partial charge < -0.3 is 9.97 Å². The first kappa shape index (κ1) is 24.5. The zero-order valence-corrected chi connectivity index (χ0v) is 24.1. The molecule has 0 aliphatic heterocycles. The van der Waals surface area contributed by atoms with Crippen LogP contribution in [0.4, 0.5) is 0 Å². The van der Waals surface area contributed by atoms with Crippen LogP contribution in [0.2, 0.25) is 19.6 Å². The Labute approximate surface area is 232 Å². The van der Waals surface area contributed by atoms with Crippen molar-refractivity contribution in [3.05, 3.63) is 139 Å². The van der Waals surface area contributed by atoms with Crippen LogP contribution in [0, 0.1) is 12.1 Å². The molecular formula is C32H30IrN2Si-2. The van der Waals surface area contributed by atoms with Crippen molar-refractivity contribution in [1.82, 2.24) is 9.97 Å². The molecule has 5 aromatic rings. The van der Waals surface area contributed by atoms with E-state index in [0.29, 0.717) is 11.1 Å². The molecule has 2 nitrogen and oxygen atoms in total. The fourth-order valence-electron chi connectivity index (χ4n) is 3.49. The molecule has 0 bridgehead atoms. The minimum atomic E-state index is -1.60.